The molecule has 0 unspecified atom stereocenters. The number of hydrogen-bond donors (Lipinski definition) is 1. The summed E-state index contributed by atoms with van der Waals surface area (Å²) in [4.78, 5) is 12.1. The van der Waals surface area contributed by atoms with Gasteiger partial charge in [-0.15, -0.1) is 0 Å². The lowest BCUT2D eigenvalue weighted by atomic mass is 10.2. The van der Waals surface area contributed by atoms with Gasteiger partial charge in [0.2, 0.25) is 0 Å². The zero-order valence-corrected chi connectivity index (χ0v) is 11.5. The van der Waals surface area contributed by atoms with Gasteiger partial charge in [0.1, 0.15) is 11.3 Å². The van der Waals surface area contributed by atoms with Gasteiger partial charge in [-0.25, -0.2) is 0 Å². The molecule has 1 atom stereocenters. The molecule has 0 bridgehead atoms. The molecule has 2 heterocycles. The molecule has 5 heteroatoms. The van der Waals surface area contributed by atoms with Crippen molar-refractivity contribution in [3.05, 3.63) is 59.2 Å². The van der Waals surface area contributed by atoms with Gasteiger partial charge in [-0.2, -0.15) is 0 Å². The molecule has 0 radical (unpaired) electrons. The Bertz CT molecular complexity index is 746. The molecule has 2 aromatic heterocycles. The standard InChI is InChI=1S/C15H12ClNO3/c1-9(12-3-2-6-19-12)17-15(18)14-8-10-7-11(16)4-5-13(10)20-14/h2-9H,1H3,(H,17,18)/t9-/m1/s1. The summed E-state index contributed by atoms with van der Waals surface area (Å²) in [6, 6.07) is 10.3. The quantitative estimate of drug-likeness (QED) is 0.787. The van der Waals surface area contributed by atoms with E-state index in [2.05, 4.69) is 5.32 Å². The molecule has 0 saturated heterocycles. The Balaban J connectivity index is 1.82. The lowest BCUT2D eigenvalue weighted by Gasteiger charge is -2.09. The second-order valence-corrected chi connectivity index (χ2v) is 4.94. The summed E-state index contributed by atoms with van der Waals surface area (Å²) in [6.45, 7) is 1.84. The van der Waals surface area contributed by atoms with Crippen LogP contribution in [0.25, 0.3) is 11.0 Å². The highest BCUT2D eigenvalue weighted by Gasteiger charge is 2.17. The topological polar surface area (TPSA) is 55.4 Å². The van der Waals surface area contributed by atoms with Crippen molar-refractivity contribution >= 4 is 28.5 Å². The van der Waals surface area contributed by atoms with Crippen molar-refractivity contribution in [2.24, 2.45) is 0 Å². The van der Waals surface area contributed by atoms with Crippen LogP contribution in [0.1, 0.15) is 29.3 Å². The summed E-state index contributed by atoms with van der Waals surface area (Å²) in [6.07, 6.45) is 1.57. The molecular weight excluding hydrogens is 278 g/mol. The Labute approximate surface area is 120 Å². The van der Waals surface area contributed by atoms with Gasteiger partial charge in [0.05, 0.1) is 12.3 Å². The first-order valence-electron chi connectivity index (χ1n) is 6.17. The predicted molar refractivity (Wildman–Crippen MR) is 75.8 cm³/mol. The molecule has 1 amide bonds. The van der Waals surface area contributed by atoms with Gasteiger partial charge in [-0.05, 0) is 43.3 Å². The second-order valence-electron chi connectivity index (χ2n) is 4.50. The minimum Gasteiger partial charge on any atom is -0.467 e. The predicted octanol–water partition coefficient (Wildman–Crippen LogP) is 4.17. The molecule has 0 fully saturated rings. The monoisotopic (exact) mass is 289 g/mol. The SMILES string of the molecule is C[C@@H](NC(=O)c1cc2cc(Cl)ccc2o1)c1ccco1. The molecule has 0 aliphatic carbocycles. The second kappa shape index (κ2) is 5.06. The third kappa shape index (κ3) is 2.42. The fourth-order valence-electron chi connectivity index (χ4n) is 2.00. The summed E-state index contributed by atoms with van der Waals surface area (Å²) in [5, 5.41) is 4.22. The van der Waals surface area contributed by atoms with Crippen molar-refractivity contribution in [2.75, 3.05) is 0 Å². The number of halogens is 1. The highest BCUT2D eigenvalue weighted by Crippen LogP contribution is 2.23. The van der Waals surface area contributed by atoms with Gasteiger partial charge in [0.25, 0.3) is 5.91 Å². The molecule has 20 heavy (non-hydrogen) atoms. The summed E-state index contributed by atoms with van der Waals surface area (Å²) >= 11 is 5.90. The van der Waals surface area contributed by atoms with E-state index in [1.165, 1.54) is 0 Å². The number of hydrogen-bond acceptors (Lipinski definition) is 3. The number of amides is 1. The summed E-state index contributed by atoms with van der Waals surface area (Å²) in [5.74, 6) is 0.652. The third-order valence-corrected chi connectivity index (χ3v) is 3.25. The number of carbonyl (C=O) groups is 1. The largest absolute Gasteiger partial charge is 0.467 e. The maximum atomic E-state index is 12.1. The van der Waals surface area contributed by atoms with Crippen LogP contribution in [-0.4, -0.2) is 5.91 Å². The van der Waals surface area contributed by atoms with Crippen molar-refractivity contribution in [3.8, 4) is 0 Å². The Hall–Kier alpha value is -2.20. The number of nitrogens with one attached hydrogen (secondary N) is 1. The molecule has 1 N–H and O–H groups in total. The van der Waals surface area contributed by atoms with Crippen LogP contribution in [0.3, 0.4) is 0 Å². The number of benzene rings is 1. The number of carbonyl (C=O) groups excluding carboxylic acids is 1. The molecule has 4 nitrogen and oxygen atoms in total. The zero-order chi connectivity index (χ0) is 14.1. The highest BCUT2D eigenvalue weighted by molar-refractivity contribution is 6.31. The molecule has 3 aromatic rings. The number of fused-ring (bicyclic) bond motifs is 1. The van der Waals surface area contributed by atoms with Crippen molar-refractivity contribution < 1.29 is 13.6 Å². The summed E-state index contributed by atoms with van der Waals surface area (Å²) in [5.41, 5.74) is 0.630. The lowest BCUT2D eigenvalue weighted by molar-refractivity contribution is 0.0909. The van der Waals surface area contributed by atoms with Gasteiger partial charge in [0, 0.05) is 10.4 Å². The van der Waals surface area contributed by atoms with Crippen molar-refractivity contribution in [3.63, 3.8) is 0 Å². The highest BCUT2D eigenvalue weighted by atomic mass is 35.5. The van der Waals surface area contributed by atoms with Crippen LogP contribution in [-0.2, 0) is 0 Å². The van der Waals surface area contributed by atoms with Crippen LogP contribution in [0.2, 0.25) is 5.02 Å². The first-order chi connectivity index (χ1) is 9.63. The normalized spacial score (nSPS) is 12.5. The zero-order valence-electron chi connectivity index (χ0n) is 10.7. The fourth-order valence-corrected chi connectivity index (χ4v) is 2.18. The maximum Gasteiger partial charge on any atom is 0.287 e. The molecule has 102 valence electrons. The van der Waals surface area contributed by atoms with E-state index in [9.17, 15) is 4.79 Å². The number of rotatable bonds is 3. The lowest BCUT2D eigenvalue weighted by Crippen LogP contribution is -2.25. The van der Waals surface area contributed by atoms with E-state index in [1.54, 1.807) is 36.6 Å². The fraction of sp³-hybridized carbons (Fsp3) is 0.133. The van der Waals surface area contributed by atoms with E-state index < -0.39 is 0 Å². The summed E-state index contributed by atoms with van der Waals surface area (Å²) < 4.78 is 10.7. The van der Waals surface area contributed by atoms with Crippen molar-refractivity contribution in [1.82, 2.24) is 5.32 Å². The molecule has 0 spiro atoms. The van der Waals surface area contributed by atoms with Gasteiger partial charge in [0.15, 0.2) is 5.76 Å². The molecular formula is C15H12ClNO3. The van der Waals surface area contributed by atoms with E-state index in [0.29, 0.717) is 16.4 Å². The van der Waals surface area contributed by atoms with Gasteiger partial charge in [-0.3, -0.25) is 4.79 Å². The van der Waals surface area contributed by atoms with Crippen LogP contribution in [0, 0.1) is 0 Å². The van der Waals surface area contributed by atoms with E-state index in [0.717, 1.165) is 5.39 Å². The Morgan fingerprint density at radius 3 is 2.90 bits per heavy atom. The molecule has 0 saturated carbocycles. The number of furan rings is 2. The average Bonchev–Trinajstić information content (AvgIpc) is 3.07. The van der Waals surface area contributed by atoms with Crippen molar-refractivity contribution in [1.29, 1.82) is 0 Å². The van der Waals surface area contributed by atoms with Crippen LogP contribution in [0.4, 0.5) is 0 Å². The first kappa shape index (κ1) is 12.8. The van der Waals surface area contributed by atoms with Crippen LogP contribution in [0.15, 0.2) is 51.5 Å². The van der Waals surface area contributed by atoms with E-state index in [4.69, 9.17) is 20.4 Å². The Morgan fingerprint density at radius 1 is 1.30 bits per heavy atom. The minimum atomic E-state index is -0.291. The molecule has 0 aliphatic heterocycles. The molecule has 0 aliphatic rings. The maximum absolute atomic E-state index is 12.1. The average molecular weight is 290 g/mol. The van der Waals surface area contributed by atoms with Gasteiger partial charge >= 0.3 is 0 Å². The van der Waals surface area contributed by atoms with E-state index in [1.807, 2.05) is 13.0 Å². The van der Waals surface area contributed by atoms with Gasteiger partial charge < -0.3 is 14.2 Å². The minimum absolute atomic E-state index is 0.227. The molecule has 3 rings (SSSR count). The third-order valence-electron chi connectivity index (χ3n) is 3.02. The van der Waals surface area contributed by atoms with E-state index in [-0.39, 0.29) is 17.7 Å². The van der Waals surface area contributed by atoms with Crippen LogP contribution in [0.5, 0.6) is 0 Å². The van der Waals surface area contributed by atoms with Gasteiger partial charge in [-0.1, -0.05) is 11.6 Å². The smallest absolute Gasteiger partial charge is 0.287 e. The summed E-state index contributed by atoms with van der Waals surface area (Å²) in [7, 11) is 0. The van der Waals surface area contributed by atoms with Crippen molar-refractivity contribution in [2.45, 2.75) is 13.0 Å². The first-order valence-corrected chi connectivity index (χ1v) is 6.54. The Morgan fingerprint density at radius 2 is 2.15 bits per heavy atom. The van der Waals surface area contributed by atoms with Crippen LogP contribution >= 0.6 is 11.6 Å². The Kier molecular flexibility index (Phi) is 3.24. The van der Waals surface area contributed by atoms with Crippen LogP contribution < -0.4 is 5.32 Å². The molecule has 1 aromatic carbocycles. The van der Waals surface area contributed by atoms with E-state index >= 15 is 0 Å².